The molecule has 7 rings (SSSR count). The molecule has 0 spiro atoms. The van der Waals surface area contributed by atoms with E-state index in [0.29, 0.717) is 67.0 Å². The number of aryl methyl sites for hydroxylation is 2. The topological polar surface area (TPSA) is 293 Å². The number of benzene rings is 2. The maximum atomic E-state index is 14.5. The molecule has 21 nitrogen and oxygen atoms in total. The molecule has 1 aliphatic carbocycles. The molecule has 2 unspecified atom stereocenters. The van der Waals surface area contributed by atoms with Gasteiger partial charge < -0.3 is 51.1 Å². The Hall–Kier alpha value is -7.63. The molecule has 23 heteroatoms. The number of nitrogens with zero attached hydrogens (tertiary/aromatic N) is 3. The smallest absolute Gasteiger partial charge is 0.257 e. The number of halogens is 1. The number of hydrogen-bond donors (Lipinski definition) is 7. The van der Waals surface area contributed by atoms with Gasteiger partial charge in [-0.25, -0.2) is 9.37 Å². The van der Waals surface area contributed by atoms with E-state index in [1.165, 1.54) is 54.8 Å². The number of carbonyl (C=O) groups excluding carboxylic acids is 9. The lowest BCUT2D eigenvalue weighted by atomic mass is 9.85. The van der Waals surface area contributed by atoms with Crippen LogP contribution >= 0.6 is 11.8 Å². The number of imide groups is 1. The molecule has 84 heavy (non-hydrogen) atoms. The van der Waals surface area contributed by atoms with Gasteiger partial charge in [0, 0.05) is 78.6 Å². The third-order valence-electron chi connectivity index (χ3n) is 13.7. The SMILES string of the molecule is CC.CC.CCCCCCN1C(=O)C=CC1=O.CNC(=O)CCC(C)(C)SCNC(=O)CNC(=O)C(Cc1ccccc1)NC(=O)CNC(=O)CNC=O.COCc1c(C(O)C=O)cc2n(c1=O)Cc1c-2nc2cc(F)c(C)c3c2c1CCC3. The first-order valence-corrected chi connectivity index (χ1v) is 29.5. The van der Waals surface area contributed by atoms with Gasteiger partial charge in [-0.2, -0.15) is 0 Å². The van der Waals surface area contributed by atoms with E-state index >= 15 is 0 Å². The molecule has 0 saturated heterocycles. The second-order valence-corrected chi connectivity index (χ2v) is 21.5. The van der Waals surface area contributed by atoms with Crippen LogP contribution in [0.25, 0.3) is 22.3 Å². The third-order valence-corrected chi connectivity index (χ3v) is 14.9. The Kier molecular flexibility index (Phi) is 30.4. The number of fused-ring (bicyclic) bond motifs is 4. The minimum Gasteiger partial charge on any atom is -0.381 e. The van der Waals surface area contributed by atoms with Gasteiger partial charge in [-0.15, -0.1) is 11.8 Å². The van der Waals surface area contributed by atoms with Crippen LogP contribution in [0.15, 0.2) is 59.4 Å². The first-order valence-electron chi connectivity index (χ1n) is 28.5. The van der Waals surface area contributed by atoms with Crippen LogP contribution in [0.5, 0.6) is 0 Å². The van der Waals surface area contributed by atoms with Crippen molar-refractivity contribution in [3.63, 3.8) is 0 Å². The molecule has 0 saturated carbocycles. The fraction of sp³-hybridized carbons (Fsp3) is 0.492. The summed E-state index contributed by atoms with van der Waals surface area (Å²) in [5.41, 5.74) is 6.46. The molecule has 7 N–H and O–H groups in total. The fourth-order valence-electron chi connectivity index (χ4n) is 9.26. The van der Waals surface area contributed by atoms with Crippen molar-refractivity contribution in [2.75, 3.05) is 46.2 Å². The highest BCUT2D eigenvalue weighted by Crippen LogP contribution is 2.41. The number of nitrogens with one attached hydrogen (secondary N) is 6. The van der Waals surface area contributed by atoms with Crippen molar-refractivity contribution in [3.05, 3.63) is 110 Å². The van der Waals surface area contributed by atoms with Crippen molar-refractivity contribution in [2.24, 2.45) is 0 Å². The van der Waals surface area contributed by atoms with Crippen molar-refractivity contribution in [2.45, 2.75) is 150 Å². The first kappa shape index (κ1) is 70.6. The predicted molar refractivity (Wildman–Crippen MR) is 322 cm³/mol. The maximum absolute atomic E-state index is 14.5. The van der Waals surface area contributed by atoms with Crippen LogP contribution in [-0.4, -0.2) is 131 Å². The summed E-state index contributed by atoms with van der Waals surface area (Å²) in [5, 5.41) is 26.1. The molecular weight excluding hydrogens is 1100 g/mol. The number of pyridine rings is 2. The van der Waals surface area contributed by atoms with E-state index < -0.39 is 35.8 Å². The minimum atomic E-state index is -1.43. The number of rotatable bonds is 26. The van der Waals surface area contributed by atoms with E-state index in [-0.39, 0.29) is 77.6 Å². The molecule has 4 aromatic rings. The highest BCUT2D eigenvalue weighted by molar-refractivity contribution is 8.00. The Morgan fingerprint density at radius 3 is 2.14 bits per heavy atom. The molecule has 2 aromatic heterocycles. The number of aromatic nitrogens is 2. The molecule has 458 valence electrons. The number of aliphatic hydroxyl groups excluding tert-OH is 1. The van der Waals surface area contributed by atoms with Gasteiger partial charge in [-0.3, -0.25) is 48.1 Å². The number of aliphatic hydroxyl groups is 1. The van der Waals surface area contributed by atoms with E-state index in [9.17, 15) is 57.4 Å². The number of methoxy groups -OCH3 is 1. The van der Waals surface area contributed by atoms with Crippen LogP contribution in [0.2, 0.25) is 0 Å². The Morgan fingerprint density at radius 1 is 0.857 bits per heavy atom. The van der Waals surface area contributed by atoms with Gasteiger partial charge in [0.05, 0.1) is 55.6 Å². The predicted octanol–water partition coefficient (Wildman–Crippen LogP) is 5.09. The molecule has 0 fully saturated rings. The molecule has 2 aromatic carbocycles. The average Bonchev–Trinajstić information content (AvgIpc) is 2.07. The van der Waals surface area contributed by atoms with Gasteiger partial charge in [-0.1, -0.05) is 98.1 Å². The molecular formula is C61H84FN9O12S. The van der Waals surface area contributed by atoms with Gasteiger partial charge in [-0.05, 0) is 67.3 Å². The maximum Gasteiger partial charge on any atom is 0.257 e. The second kappa shape index (κ2) is 36.2. The van der Waals surface area contributed by atoms with Gasteiger partial charge in [0.2, 0.25) is 35.9 Å². The normalized spacial score (nSPS) is 13.1. The Morgan fingerprint density at radius 2 is 1.51 bits per heavy atom. The zero-order valence-electron chi connectivity index (χ0n) is 50.1. The third kappa shape index (κ3) is 20.6. The minimum absolute atomic E-state index is 0.00743. The standard InChI is InChI=1S/C24H36N6O6S.C23H21FN2O4.C10H15NO2.2C2H6/c1-24(2,10-9-19(32)25-3)37-16-29-21(34)13-28-23(36)18(11-17-7-5-4-6-8-17)30-22(35)14-27-20(33)12-26-15-31;1-11-12-4-3-5-13-15-8-26-19(22(15)25-18(21(12)13)7-17(11)24)6-14(20(28)9-27)16(10-30-2)23(26)29;1-2-3-4-5-8-11-9(12)6-7-10(11)13;2*1-2/h4-8,15,18H,9-14,16H2,1-3H3,(H,25,32)(H,26,31)(H,27,33)(H,28,36)(H,29,34)(H,30,35);6-7,9,20,28H,3-5,8,10H2,1-2H3;6-7H,2-5,8H2,1H3;2*1-2H3. The van der Waals surface area contributed by atoms with Crippen LogP contribution in [0.3, 0.4) is 0 Å². The van der Waals surface area contributed by atoms with E-state index in [4.69, 9.17) is 9.72 Å². The summed E-state index contributed by atoms with van der Waals surface area (Å²) >= 11 is 1.48. The van der Waals surface area contributed by atoms with Crippen LogP contribution in [0.4, 0.5) is 4.39 Å². The van der Waals surface area contributed by atoms with Crippen molar-refractivity contribution in [1.29, 1.82) is 0 Å². The Bertz CT molecular complexity index is 3010. The van der Waals surface area contributed by atoms with E-state index in [0.717, 1.165) is 59.7 Å². The van der Waals surface area contributed by atoms with Crippen molar-refractivity contribution in [1.82, 2.24) is 46.4 Å². The lowest BCUT2D eigenvalue weighted by Gasteiger charge is -2.24. The van der Waals surface area contributed by atoms with E-state index in [1.807, 2.05) is 47.6 Å². The number of unbranched alkanes of at least 4 members (excludes halogenated alkanes) is 3. The fourth-order valence-corrected chi connectivity index (χ4v) is 10.1. The largest absolute Gasteiger partial charge is 0.381 e. The van der Waals surface area contributed by atoms with Gasteiger partial charge in [0.1, 0.15) is 18.0 Å². The molecule has 0 radical (unpaired) electrons. The highest BCUT2D eigenvalue weighted by atomic mass is 32.2. The summed E-state index contributed by atoms with van der Waals surface area (Å²) in [7, 11) is 3.04. The molecule has 4 heterocycles. The van der Waals surface area contributed by atoms with Gasteiger partial charge in [0.25, 0.3) is 17.4 Å². The summed E-state index contributed by atoms with van der Waals surface area (Å²) in [6.07, 6.45) is 10.1. The summed E-state index contributed by atoms with van der Waals surface area (Å²) < 4.78 is 21.1. The number of carbonyl (C=O) groups is 9. The Labute approximate surface area is 495 Å². The van der Waals surface area contributed by atoms with Gasteiger partial charge >= 0.3 is 0 Å². The summed E-state index contributed by atoms with van der Waals surface area (Å²) in [4.78, 5) is 123. The van der Waals surface area contributed by atoms with Crippen LogP contribution in [0, 0.1) is 12.7 Å². The zero-order valence-corrected chi connectivity index (χ0v) is 50.9. The van der Waals surface area contributed by atoms with E-state index in [1.54, 1.807) is 48.9 Å². The number of thioether (sulfide) groups is 1. The lowest BCUT2D eigenvalue weighted by Crippen LogP contribution is -2.52. The molecule has 2 atom stereocenters. The van der Waals surface area contributed by atoms with Crippen molar-refractivity contribution < 1.29 is 57.4 Å². The number of hydrogen-bond acceptors (Lipinski definition) is 14. The number of amides is 8. The average molecular weight is 1190 g/mol. The number of aldehydes is 1. The lowest BCUT2D eigenvalue weighted by molar-refractivity contribution is -0.137. The molecule has 2 aliphatic heterocycles. The van der Waals surface area contributed by atoms with E-state index in [2.05, 4.69) is 38.8 Å². The van der Waals surface area contributed by atoms with Crippen LogP contribution in [0.1, 0.15) is 138 Å². The van der Waals surface area contributed by atoms with Crippen molar-refractivity contribution >= 4 is 76.7 Å². The first-order chi connectivity index (χ1) is 40.3. The molecule has 3 aliphatic rings. The van der Waals surface area contributed by atoms with Gasteiger partial charge in [0.15, 0.2) is 6.29 Å². The Balaban J connectivity index is 0.000000349. The number of ether oxygens (including phenoxy) is 1. The zero-order chi connectivity index (χ0) is 62.5. The molecule has 0 bridgehead atoms. The second-order valence-electron chi connectivity index (χ2n) is 19.8. The summed E-state index contributed by atoms with van der Waals surface area (Å²) in [6, 6.07) is 11.1. The summed E-state index contributed by atoms with van der Waals surface area (Å²) in [6.45, 7) is 15.9. The summed E-state index contributed by atoms with van der Waals surface area (Å²) in [5.74, 6) is -2.47. The van der Waals surface area contributed by atoms with Crippen LogP contribution < -0.4 is 37.5 Å². The quantitative estimate of drug-likeness (QED) is 0.0164. The van der Waals surface area contributed by atoms with Crippen LogP contribution in [-0.2, 0) is 80.3 Å². The van der Waals surface area contributed by atoms with Crippen molar-refractivity contribution in [3.8, 4) is 11.4 Å². The monoisotopic (exact) mass is 1190 g/mol. The highest BCUT2D eigenvalue weighted by Gasteiger charge is 2.32. The molecule has 8 amide bonds.